The number of carbonyl (C=O) groups is 1. The van der Waals surface area contributed by atoms with Gasteiger partial charge in [-0.2, -0.15) is 0 Å². The molecule has 0 aromatic rings. The molecule has 0 spiro atoms. The Kier molecular flexibility index (Phi) is 6.96. The van der Waals surface area contributed by atoms with Gasteiger partial charge in [0.1, 0.15) is 0 Å². The maximum Gasteiger partial charge on any atom is 0.230 e. The van der Waals surface area contributed by atoms with E-state index in [2.05, 4.69) is 21.2 Å². The summed E-state index contributed by atoms with van der Waals surface area (Å²) in [4.78, 5) is 10.6. The van der Waals surface area contributed by atoms with Gasteiger partial charge in [0.2, 0.25) is 5.91 Å². The van der Waals surface area contributed by atoms with Gasteiger partial charge in [-0.25, -0.2) is 0 Å². The molecule has 10 heavy (non-hydrogen) atoms. The second-order valence-corrected chi connectivity index (χ2v) is 2.48. The number of unbranched alkanes of at least 4 members (excludes halogenated alkanes) is 1. The predicted molar refractivity (Wildman–Crippen MR) is 43.1 cm³/mol. The van der Waals surface area contributed by atoms with E-state index >= 15 is 0 Å². The molecular weight excluding hydrogens is 198 g/mol. The van der Waals surface area contributed by atoms with E-state index in [4.69, 9.17) is 5.11 Å². The molecule has 0 rings (SSSR count). The third kappa shape index (κ3) is 6.04. The van der Waals surface area contributed by atoms with E-state index < -0.39 is 0 Å². The molecule has 0 heterocycles. The monoisotopic (exact) mass is 209 g/mol. The lowest BCUT2D eigenvalue weighted by atomic mass is 10.3. The van der Waals surface area contributed by atoms with Crippen LogP contribution in [0, 0.1) is 0 Å². The van der Waals surface area contributed by atoms with Gasteiger partial charge in [-0.15, -0.1) is 0 Å². The van der Waals surface area contributed by atoms with Crippen LogP contribution in [0.3, 0.4) is 0 Å². The number of halogens is 1. The van der Waals surface area contributed by atoms with Gasteiger partial charge >= 0.3 is 0 Å². The molecule has 0 aliphatic rings. The van der Waals surface area contributed by atoms with Crippen LogP contribution in [0.1, 0.15) is 12.8 Å². The molecule has 3 nitrogen and oxygen atoms in total. The highest BCUT2D eigenvalue weighted by Gasteiger charge is 1.94. The van der Waals surface area contributed by atoms with Crippen LogP contribution in [0.4, 0.5) is 0 Å². The van der Waals surface area contributed by atoms with Crippen LogP contribution in [-0.2, 0) is 4.79 Å². The Morgan fingerprint density at radius 2 is 2.20 bits per heavy atom. The largest absolute Gasteiger partial charge is 0.396 e. The Bertz CT molecular complexity index is 97.7. The maximum atomic E-state index is 10.6. The first kappa shape index (κ1) is 9.91. The van der Waals surface area contributed by atoms with E-state index in [1.54, 1.807) is 0 Å². The fraction of sp³-hybridized carbons (Fsp3) is 0.833. The Labute approximate surface area is 68.9 Å². The molecular formula is C6H12BrNO2. The second kappa shape index (κ2) is 7.02. The fourth-order valence-corrected chi connectivity index (χ4v) is 0.710. The molecule has 0 atom stereocenters. The molecule has 0 aromatic carbocycles. The van der Waals surface area contributed by atoms with Crippen molar-refractivity contribution in [2.45, 2.75) is 12.8 Å². The number of rotatable bonds is 5. The molecule has 0 bridgehead atoms. The highest BCUT2D eigenvalue weighted by molar-refractivity contribution is 9.09. The molecule has 0 aliphatic carbocycles. The van der Waals surface area contributed by atoms with E-state index in [9.17, 15) is 4.79 Å². The third-order valence-electron chi connectivity index (χ3n) is 1.03. The molecule has 0 saturated heterocycles. The number of hydrogen-bond donors (Lipinski definition) is 2. The molecule has 60 valence electrons. The van der Waals surface area contributed by atoms with E-state index in [1.165, 1.54) is 0 Å². The number of nitrogens with one attached hydrogen (secondary N) is 1. The first-order valence-corrected chi connectivity index (χ1v) is 4.37. The summed E-state index contributed by atoms with van der Waals surface area (Å²) in [7, 11) is 0. The summed E-state index contributed by atoms with van der Waals surface area (Å²) >= 11 is 3.02. The van der Waals surface area contributed by atoms with Crippen molar-refractivity contribution in [1.29, 1.82) is 0 Å². The van der Waals surface area contributed by atoms with E-state index in [-0.39, 0.29) is 12.5 Å². The van der Waals surface area contributed by atoms with Crippen molar-refractivity contribution in [3.05, 3.63) is 0 Å². The lowest BCUT2D eigenvalue weighted by molar-refractivity contribution is -0.118. The van der Waals surface area contributed by atoms with E-state index in [1.807, 2.05) is 0 Å². The Morgan fingerprint density at radius 1 is 1.50 bits per heavy atom. The summed E-state index contributed by atoms with van der Waals surface area (Å²) in [5.41, 5.74) is 0. The van der Waals surface area contributed by atoms with Crippen molar-refractivity contribution in [2.75, 3.05) is 18.5 Å². The maximum absolute atomic E-state index is 10.6. The zero-order valence-corrected chi connectivity index (χ0v) is 7.35. The number of carbonyl (C=O) groups excluding carboxylic acids is 1. The highest BCUT2D eigenvalue weighted by atomic mass is 79.9. The van der Waals surface area contributed by atoms with Crippen molar-refractivity contribution in [3.8, 4) is 0 Å². The van der Waals surface area contributed by atoms with Gasteiger partial charge in [-0.1, -0.05) is 15.9 Å². The van der Waals surface area contributed by atoms with Crippen LogP contribution < -0.4 is 5.32 Å². The number of amides is 1. The molecule has 0 fully saturated rings. The third-order valence-corrected chi connectivity index (χ3v) is 1.54. The van der Waals surface area contributed by atoms with Crippen LogP contribution in [0.2, 0.25) is 0 Å². The van der Waals surface area contributed by atoms with Gasteiger partial charge in [0, 0.05) is 13.2 Å². The van der Waals surface area contributed by atoms with Crippen molar-refractivity contribution >= 4 is 21.8 Å². The number of hydrogen-bond acceptors (Lipinski definition) is 2. The molecule has 4 heteroatoms. The van der Waals surface area contributed by atoms with Gasteiger partial charge in [0.15, 0.2) is 0 Å². The first-order chi connectivity index (χ1) is 4.81. The SMILES string of the molecule is O=C(CBr)NCCCCO. The second-order valence-electron chi connectivity index (χ2n) is 1.91. The van der Waals surface area contributed by atoms with Crippen LogP contribution >= 0.6 is 15.9 Å². The van der Waals surface area contributed by atoms with Crippen LogP contribution in [0.15, 0.2) is 0 Å². The first-order valence-electron chi connectivity index (χ1n) is 3.24. The summed E-state index contributed by atoms with van der Waals surface area (Å²) in [5, 5.41) is 11.4. The van der Waals surface area contributed by atoms with Crippen molar-refractivity contribution in [1.82, 2.24) is 5.32 Å². The minimum absolute atomic E-state index is 0.00191. The number of aliphatic hydroxyl groups is 1. The molecule has 0 saturated carbocycles. The Hall–Kier alpha value is -0.0900. The average Bonchev–Trinajstić information content (AvgIpc) is 1.98. The van der Waals surface area contributed by atoms with Gasteiger partial charge in [0.25, 0.3) is 0 Å². The molecule has 2 N–H and O–H groups in total. The minimum atomic E-state index is -0.00191. The normalized spacial score (nSPS) is 9.40. The topological polar surface area (TPSA) is 49.3 Å². The molecule has 0 unspecified atom stereocenters. The lowest BCUT2D eigenvalue weighted by Crippen LogP contribution is -2.25. The molecule has 0 aliphatic heterocycles. The van der Waals surface area contributed by atoms with E-state index in [0.29, 0.717) is 11.9 Å². The summed E-state index contributed by atoms with van der Waals surface area (Å²) in [5.74, 6) is -0.00191. The van der Waals surface area contributed by atoms with Crippen LogP contribution in [0.25, 0.3) is 0 Å². The molecule has 0 radical (unpaired) electrons. The van der Waals surface area contributed by atoms with Crippen molar-refractivity contribution < 1.29 is 9.90 Å². The summed E-state index contributed by atoms with van der Waals surface area (Å²) in [6.07, 6.45) is 1.60. The summed E-state index contributed by atoms with van der Waals surface area (Å²) in [6, 6.07) is 0. The lowest BCUT2D eigenvalue weighted by Gasteiger charge is -1.99. The highest BCUT2D eigenvalue weighted by Crippen LogP contribution is 1.84. The van der Waals surface area contributed by atoms with Crippen LogP contribution in [0.5, 0.6) is 0 Å². The Morgan fingerprint density at radius 3 is 2.70 bits per heavy atom. The quantitative estimate of drug-likeness (QED) is 0.505. The van der Waals surface area contributed by atoms with E-state index in [0.717, 1.165) is 12.8 Å². The van der Waals surface area contributed by atoms with Crippen LogP contribution in [-0.4, -0.2) is 29.5 Å². The van der Waals surface area contributed by atoms with Gasteiger partial charge in [-0.05, 0) is 12.8 Å². The zero-order valence-electron chi connectivity index (χ0n) is 5.77. The Balaban J connectivity index is 2.96. The number of aliphatic hydroxyl groups excluding tert-OH is 1. The fourth-order valence-electron chi connectivity index (χ4n) is 0.512. The van der Waals surface area contributed by atoms with Gasteiger partial charge < -0.3 is 10.4 Å². The zero-order chi connectivity index (χ0) is 7.82. The summed E-state index contributed by atoms with van der Waals surface area (Å²) in [6.45, 7) is 0.856. The van der Waals surface area contributed by atoms with Crippen molar-refractivity contribution in [2.24, 2.45) is 0 Å². The molecule has 0 aromatic heterocycles. The summed E-state index contributed by atoms with van der Waals surface area (Å²) < 4.78 is 0. The minimum Gasteiger partial charge on any atom is -0.396 e. The number of alkyl halides is 1. The predicted octanol–water partition coefficient (Wildman–Crippen LogP) is 0.270. The van der Waals surface area contributed by atoms with Gasteiger partial charge in [0.05, 0.1) is 5.33 Å². The van der Waals surface area contributed by atoms with Crippen molar-refractivity contribution in [3.63, 3.8) is 0 Å². The average molecular weight is 210 g/mol. The smallest absolute Gasteiger partial charge is 0.230 e. The molecule has 1 amide bonds. The van der Waals surface area contributed by atoms with Gasteiger partial charge in [-0.3, -0.25) is 4.79 Å². The standard InChI is InChI=1S/C6H12BrNO2/c7-5-6(10)8-3-1-2-4-9/h9H,1-5H2,(H,8,10).